The molecule has 18 heavy (non-hydrogen) atoms. The number of aromatic nitrogens is 1. The van der Waals surface area contributed by atoms with Gasteiger partial charge in [0.25, 0.3) is 0 Å². The van der Waals surface area contributed by atoms with Gasteiger partial charge in [0.1, 0.15) is 10.7 Å². The monoisotopic (exact) mass is 267 g/mol. The standard InChI is InChI=1S/C11H13N3O3S/c12-7-10-11(4-1-5-13-10)18(15,16)14-8-9-3-2-6-17-9/h1-6,14H,7-8,12H2. The maximum atomic E-state index is 12.1. The third kappa shape index (κ3) is 2.76. The van der Waals surface area contributed by atoms with Crippen LogP contribution in [0.5, 0.6) is 0 Å². The molecule has 2 rings (SSSR count). The first-order valence-corrected chi connectivity index (χ1v) is 6.78. The molecule has 96 valence electrons. The van der Waals surface area contributed by atoms with Crippen LogP contribution < -0.4 is 10.5 Å². The number of hydrogen-bond donors (Lipinski definition) is 2. The first-order chi connectivity index (χ1) is 8.63. The van der Waals surface area contributed by atoms with Crippen molar-refractivity contribution in [1.29, 1.82) is 0 Å². The molecule has 0 aromatic carbocycles. The van der Waals surface area contributed by atoms with E-state index in [1.807, 2.05) is 0 Å². The number of nitrogens with two attached hydrogens (primary N) is 1. The molecule has 2 aromatic rings. The van der Waals surface area contributed by atoms with Gasteiger partial charge in [0, 0.05) is 12.7 Å². The van der Waals surface area contributed by atoms with Gasteiger partial charge in [0.2, 0.25) is 10.0 Å². The third-order valence-electron chi connectivity index (χ3n) is 2.35. The van der Waals surface area contributed by atoms with E-state index in [1.165, 1.54) is 18.5 Å². The molecule has 0 fully saturated rings. The fourth-order valence-corrected chi connectivity index (χ4v) is 2.67. The topological polar surface area (TPSA) is 98.2 Å². The van der Waals surface area contributed by atoms with Crippen LogP contribution in [0.25, 0.3) is 0 Å². The van der Waals surface area contributed by atoms with Crippen LogP contribution in [0.2, 0.25) is 0 Å². The number of rotatable bonds is 5. The van der Waals surface area contributed by atoms with Crippen molar-refractivity contribution < 1.29 is 12.8 Å². The lowest BCUT2D eigenvalue weighted by atomic mass is 10.3. The highest BCUT2D eigenvalue weighted by Gasteiger charge is 2.18. The van der Waals surface area contributed by atoms with Crippen LogP contribution in [0.4, 0.5) is 0 Å². The van der Waals surface area contributed by atoms with Crippen molar-refractivity contribution in [3.05, 3.63) is 48.2 Å². The second-order valence-corrected chi connectivity index (χ2v) is 5.29. The van der Waals surface area contributed by atoms with Crippen molar-refractivity contribution in [1.82, 2.24) is 9.71 Å². The summed E-state index contributed by atoms with van der Waals surface area (Å²) >= 11 is 0. The Morgan fingerprint density at radius 2 is 2.17 bits per heavy atom. The largest absolute Gasteiger partial charge is 0.468 e. The van der Waals surface area contributed by atoms with E-state index in [1.54, 1.807) is 18.2 Å². The highest BCUT2D eigenvalue weighted by atomic mass is 32.2. The SMILES string of the molecule is NCc1ncccc1S(=O)(=O)NCc1ccco1. The van der Waals surface area contributed by atoms with Crippen LogP contribution >= 0.6 is 0 Å². The van der Waals surface area contributed by atoms with E-state index in [0.29, 0.717) is 11.5 Å². The average Bonchev–Trinajstić information content (AvgIpc) is 2.89. The minimum Gasteiger partial charge on any atom is -0.468 e. The van der Waals surface area contributed by atoms with E-state index in [4.69, 9.17) is 10.2 Å². The lowest BCUT2D eigenvalue weighted by Gasteiger charge is -2.08. The second kappa shape index (κ2) is 5.30. The number of sulfonamides is 1. The molecule has 0 spiro atoms. The Balaban J connectivity index is 2.20. The fraction of sp³-hybridized carbons (Fsp3) is 0.182. The fourth-order valence-electron chi connectivity index (χ4n) is 1.48. The summed E-state index contributed by atoms with van der Waals surface area (Å²) < 4.78 is 31.6. The zero-order valence-electron chi connectivity index (χ0n) is 9.54. The number of nitrogens with zero attached hydrogens (tertiary/aromatic N) is 1. The molecule has 0 aliphatic carbocycles. The summed E-state index contributed by atoms with van der Waals surface area (Å²) in [7, 11) is -3.63. The molecular weight excluding hydrogens is 254 g/mol. The molecule has 3 N–H and O–H groups in total. The van der Waals surface area contributed by atoms with Gasteiger partial charge < -0.3 is 10.2 Å². The maximum Gasteiger partial charge on any atom is 0.242 e. The average molecular weight is 267 g/mol. The lowest BCUT2D eigenvalue weighted by Crippen LogP contribution is -2.25. The van der Waals surface area contributed by atoms with Crippen molar-refractivity contribution in [2.75, 3.05) is 0 Å². The summed E-state index contributed by atoms with van der Waals surface area (Å²) in [6.07, 6.45) is 2.99. The predicted octanol–water partition coefficient (Wildman–Crippen LogP) is 0.612. The van der Waals surface area contributed by atoms with E-state index in [9.17, 15) is 8.42 Å². The first-order valence-electron chi connectivity index (χ1n) is 5.29. The first kappa shape index (κ1) is 12.7. The summed E-state index contributed by atoms with van der Waals surface area (Å²) in [5.41, 5.74) is 5.80. The van der Waals surface area contributed by atoms with Crippen molar-refractivity contribution in [2.45, 2.75) is 18.0 Å². The van der Waals surface area contributed by atoms with Gasteiger partial charge in [-0.15, -0.1) is 0 Å². The Bertz CT molecular complexity index is 608. The Kier molecular flexibility index (Phi) is 3.75. The number of pyridine rings is 1. The van der Waals surface area contributed by atoms with Gasteiger partial charge in [-0.05, 0) is 24.3 Å². The Labute approximate surface area is 105 Å². The van der Waals surface area contributed by atoms with E-state index in [2.05, 4.69) is 9.71 Å². The molecule has 0 amide bonds. The Morgan fingerprint density at radius 3 is 2.83 bits per heavy atom. The smallest absolute Gasteiger partial charge is 0.242 e. The third-order valence-corrected chi connectivity index (χ3v) is 3.82. The zero-order valence-corrected chi connectivity index (χ0v) is 10.4. The molecular formula is C11H13N3O3S. The quantitative estimate of drug-likeness (QED) is 0.827. The molecule has 0 bridgehead atoms. The molecule has 0 radical (unpaired) electrons. The van der Waals surface area contributed by atoms with Gasteiger partial charge in [-0.3, -0.25) is 4.98 Å². The summed E-state index contributed by atoms with van der Waals surface area (Å²) in [6.45, 7) is 0.159. The van der Waals surface area contributed by atoms with Crippen molar-refractivity contribution in [2.24, 2.45) is 5.73 Å². The molecule has 2 aromatic heterocycles. The van der Waals surface area contributed by atoms with Crippen molar-refractivity contribution >= 4 is 10.0 Å². The number of furan rings is 1. The van der Waals surface area contributed by atoms with Crippen LogP contribution in [-0.4, -0.2) is 13.4 Å². The molecule has 0 atom stereocenters. The molecule has 7 heteroatoms. The molecule has 0 saturated carbocycles. The Hall–Kier alpha value is -1.70. The zero-order chi connectivity index (χ0) is 13.0. The summed E-state index contributed by atoms with van der Waals surface area (Å²) in [5.74, 6) is 0.539. The molecule has 0 aliphatic heterocycles. The predicted molar refractivity (Wildman–Crippen MR) is 64.9 cm³/mol. The molecule has 0 aliphatic rings. The van der Waals surface area contributed by atoms with Crippen LogP contribution in [0, 0.1) is 0 Å². The van der Waals surface area contributed by atoms with E-state index in [-0.39, 0.29) is 18.0 Å². The van der Waals surface area contributed by atoms with Gasteiger partial charge in [0.15, 0.2) is 0 Å². The summed E-state index contributed by atoms with van der Waals surface area (Å²) in [6, 6.07) is 6.41. The van der Waals surface area contributed by atoms with Gasteiger partial charge in [-0.1, -0.05) is 0 Å². The van der Waals surface area contributed by atoms with E-state index in [0.717, 1.165) is 0 Å². The highest BCUT2D eigenvalue weighted by Crippen LogP contribution is 2.13. The van der Waals surface area contributed by atoms with Crippen LogP contribution in [0.1, 0.15) is 11.5 Å². The van der Waals surface area contributed by atoms with Crippen molar-refractivity contribution in [3.63, 3.8) is 0 Å². The Morgan fingerprint density at radius 1 is 1.33 bits per heavy atom. The maximum absolute atomic E-state index is 12.1. The number of nitrogens with one attached hydrogen (secondary N) is 1. The summed E-state index contributed by atoms with van der Waals surface area (Å²) in [5, 5.41) is 0. The van der Waals surface area contributed by atoms with Crippen LogP contribution in [0.3, 0.4) is 0 Å². The summed E-state index contributed by atoms with van der Waals surface area (Å²) in [4.78, 5) is 4.04. The van der Waals surface area contributed by atoms with Gasteiger partial charge in [-0.25, -0.2) is 13.1 Å². The highest BCUT2D eigenvalue weighted by molar-refractivity contribution is 7.89. The molecule has 2 heterocycles. The minimum absolute atomic E-state index is 0.0673. The van der Waals surface area contributed by atoms with Gasteiger partial charge in [-0.2, -0.15) is 0 Å². The molecule has 0 saturated heterocycles. The second-order valence-electron chi connectivity index (χ2n) is 3.56. The lowest BCUT2D eigenvalue weighted by molar-refractivity contribution is 0.498. The van der Waals surface area contributed by atoms with Crippen molar-refractivity contribution in [3.8, 4) is 0 Å². The number of hydrogen-bond acceptors (Lipinski definition) is 5. The van der Waals surface area contributed by atoms with Gasteiger partial charge in [0.05, 0.1) is 18.5 Å². The van der Waals surface area contributed by atoms with Crippen LogP contribution in [0.15, 0.2) is 46.0 Å². The molecule has 6 nitrogen and oxygen atoms in total. The van der Waals surface area contributed by atoms with Crippen LogP contribution in [-0.2, 0) is 23.1 Å². The van der Waals surface area contributed by atoms with E-state index >= 15 is 0 Å². The molecule has 0 unspecified atom stereocenters. The normalized spacial score (nSPS) is 11.6. The minimum atomic E-state index is -3.63. The van der Waals surface area contributed by atoms with E-state index < -0.39 is 10.0 Å². The van der Waals surface area contributed by atoms with Gasteiger partial charge >= 0.3 is 0 Å².